The Bertz CT molecular complexity index is 122. The van der Waals surface area contributed by atoms with Gasteiger partial charge in [-0.25, -0.2) is 0 Å². The molecule has 1 atom stereocenters. The summed E-state index contributed by atoms with van der Waals surface area (Å²) in [5, 5.41) is 0. The van der Waals surface area contributed by atoms with Crippen molar-refractivity contribution in [1.29, 1.82) is 0 Å². The first-order valence-corrected chi connectivity index (χ1v) is 6.52. The van der Waals surface area contributed by atoms with Crippen LogP contribution >= 0.6 is 0 Å². The predicted molar refractivity (Wildman–Crippen MR) is 35.0 cm³/mol. The van der Waals surface area contributed by atoms with Gasteiger partial charge in [-0.15, -0.1) is 0 Å². The third-order valence-electron chi connectivity index (χ3n) is 1.31. The summed E-state index contributed by atoms with van der Waals surface area (Å²) in [6, 6.07) is 0. The van der Waals surface area contributed by atoms with Crippen molar-refractivity contribution in [3.05, 3.63) is 11.6 Å². The van der Waals surface area contributed by atoms with Gasteiger partial charge in [0.2, 0.25) is 0 Å². The fraction of sp³-hybridized carbons (Fsp3) is 0.500. The summed E-state index contributed by atoms with van der Waals surface area (Å²) in [4.78, 5) is 0. The van der Waals surface area contributed by atoms with Crippen LogP contribution in [0.25, 0.3) is 0 Å². The molecule has 0 radical (unpaired) electrons. The van der Waals surface area contributed by atoms with Crippen molar-refractivity contribution in [2.45, 2.75) is 17.5 Å². The van der Waals surface area contributed by atoms with Gasteiger partial charge in [-0.05, 0) is 0 Å². The van der Waals surface area contributed by atoms with Crippen LogP contribution in [0.5, 0.6) is 0 Å². The van der Waals surface area contributed by atoms with Crippen LogP contribution in [0.1, 0.15) is 13.8 Å². The summed E-state index contributed by atoms with van der Waals surface area (Å²) in [6.07, 6.45) is 2.29. The molecule has 1 heterocycles. The van der Waals surface area contributed by atoms with E-state index in [0.29, 0.717) is 0 Å². The van der Waals surface area contributed by atoms with Gasteiger partial charge in [-0.3, -0.25) is 0 Å². The van der Waals surface area contributed by atoms with E-state index in [1.165, 1.54) is 0 Å². The third kappa shape index (κ3) is 1.19. The first kappa shape index (κ1) is 5.63. The zero-order chi connectivity index (χ0) is 5.28. The van der Waals surface area contributed by atoms with Gasteiger partial charge in [0.1, 0.15) is 0 Å². The summed E-state index contributed by atoms with van der Waals surface area (Å²) in [7, 11) is 0. The molecule has 0 aromatic heterocycles. The van der Waals surface area contributed by atoms with Crippen molar-refractivity contribution in [2.24, 2.45) is 0 Å². The first-order chi connectivity index (χ1) is 3.30. The zero-order valence-electron chi connectivity index (χ0n) is 4.68. The fourth-order valence-corrected chi connectivity index (χ4v) is 4.05. The molecule has 0 aromatic carbocycles. The van der Waals surface area contributed by atoms with Gasteiger partial charge in [0.25, 0.3) is 0 Å². The van der Waals surface area contributed by atoms with Gasteiger partial charge in [-0.1, -0.05) is 0 Å². The van der Waals surface area contributed by atoms with Crippen molar-refractivity contribution in [1.82, 2.24) is 0 Å². The van der Waals surface area contributed by atoms with E-state index in [-0.39, 0.29) is 22.8 Å². The van der Waals surface area contributed by atoms with Crippen molar-refractivity contribution in [3.63, 3.8) is 0 Å². The summed E-state index contributed by atoms with van der Waals surface area (Å²) in [5.74, 6) is 0. The zero-order valence-corrected chi connectivity index (χ0v) is 8.16. The molecule has 0 bridgehead atoms. The Morgan fingerprint density at radius 3 is 2.57 bits per heavy atom. The second-order valence-corrected chi connectivity index (χ2v) is 7.21. The SMILES string of the molecule is CC1=C[CH]=[Bi][CH]1C. The molecular formula is C6H9Bi. The molecule has 0 N–H and O–H groups in total. The second-order valence-electron chi connectivity index (χ2n) is 1.88. The third-order valence-corrected chi connectivity index (χ3v) is 5.88. The number of hydrogen-bond donors (Lipinski definition) is 0. The minimum atomic E-state index is -0.113. The van der Waals surface area contributed by atoms with E-state index in [1.54, 1.807) is 5.57 Å². The number of allylic oxidation sites excluding steroid dienone is 2. The van der Waals surface area contributed by atoms with Gasteiger partial charge in [0.05, 0.1) is 0 Å². The van der Waals surface area contributed by atoms with Crippen LogP contribution < -0.4 is 0 Å². The van der Waals surface area contributed by atoms with Crippen LogP contribution in [0, 0.1) is 0 Å². The average Bonchev–Trinajstić information content (AvgIpc) is 1.91. The minimum absolute atomic E-state index is 0.113. The molecular weight excluding hydrogens is 281 g/mol. The summed E-state index contributed by atoms with van der Waals surface area (Å²) in [5.41, 5.74) is 1.61. The normalized spacial score (nSPS) is 28.3. The van der Waals surface area contributed by atoms with Crippen molar-refractivity contribution in [3.8, 4) is 0 Å². The monoisotopic (exact) mass is 290 g/mol. The first-order valence-electron chi connectivity index (χ1n) is 2.50. The summed E-state index contributed by atoms with van der Waals surface area (Å²) >= 11 is -0.113. The molecule has 7 heavy (non-hydrogen) atoms. The van der Waals surface area contributed by atoms with Crippen molar-refractivity contribution in [2.75, 3.05) is 0 Å². The molecule has 1 aliphatic rings. The molecule has 1 rings (SSSR count). The van der Waals surface area contributed by atoms with Crippen molar-refractivity contribution < 1.29 is 0 Å². The molecule has 0 saturated carbocycles. The molecule has 0 fully saturated rings. The molecule has 38 valence electrons. The molecule has 0 spiro atoms. The number of rotatable bonds is 0. The van der Waals surface area contributed by atoms with E-state index in [0.717, 1.165) is 3.63 Å². The summed E-state index contributed by atoms with van der Waals surface area (Å²) in [6.45, 7) is 4.57. The van der Waals surface area contributed by atoms with Crippen LogP contribution in [0.15, 0.2) is 11.6 Å². The van der Waals surface area contributed by atoms with Crippen molar-refractivity contribution >= 4 is 26.5 Å². The quantitative estimate of drug-likeness (QED) is 0.589. The van der Waals surface area contributed by atoms with E-state index < -0.39 is 0 Å². The van der Waals surface area contributed by atoms with Gasteiger partial charge >= 0.3 is 55.6 Å². The van der Waals surface area contributed by atoms with E-state index in [1.807, 2.05) is 0 Å². The predicted octanol–water partition coefficient (Wildman–Crippen LogP) is 1.26. The second kappa shape index (κ2) is 2.17. The molecule has 1 unspecified atom stereocenters. The number of hydrogen-bond acceptors (Lipinski definition) is 0. The Kier molecular flexibility index (Phi) is 1.75. The van der Waals surface area contributed by atoms with Crippen LogP contribution in [-0.4, -0.2) is 26.5 Å². The molecule has 1 heteroatoms. The van der Waals surface area contributed by atoms with E-state index in [4.69, 9.17) is 0 Å². The Morgan fingerprint density at radius 1 is 1.71 bits per heavy atom. The van der Waals surface area contributed by atoms with E-state index in [2.05, 4.69) is 23.6 Å². The standard InChI is InChI=1S/C6H9.Bi/c1-4-6(3)5-2;/h1,4-5H,2-3H3;. The molecule has 0 aromatic rings. The van der Waals surface area contributed by atoms with Gasteiger partial charge in [0.15, 0.2) is 0 Å². The van der Waals surface area contributed by atoms with E-state index in [9.17, 15) is 0 Å². The van der Waals surface area contributed by atoms with Crippen LogP contribution in [-0.2, 0) is 0 Å². The van der Waals surface area contributed by atoms with Gasteiger partial charge < -0.3 is 0 Å². The Labute approximate surface area is 55.7 Å². The fourth-order valence-electron chi connectivity index (χ4n) is 0.547. The molecule has 0 saturated heterocycles. The van der Waals surface area contributed by atoms with Crippen LogP contribution in [0.3, 0.4) is 0 Å². The van der Waals surface area contributed by atoms with Gasteiger partial charge in [0, 0.05) is 0 Å². The average molecular weight is 290 g/mol. The molecule has 0 aliphatic carbocycles. The Hall–Kier alpha value is 0.493. The van der Waals surface area contributed by atoms with Crippen LogP contribution in [0.2, 0.25) is 3.63 Å². The topological polar surface area (TPSA) is 0 Å². The summed E-state index contributed by atoms with van der Waals surface area (Å²) < 4.78 is 3.42. The maximum absolute atomic E-state index is 2.42. The Morgan fingerprint density at radius 2 is 2.43 bits per heavy atom. The van der Waals surface area contributed by atoms with Crippen LogP contribution in [0.4, 0.5) is 0 Å². The molecule has 1 aliphatic heterocycles. The molecule has 0 nitrogen and oxygen atoms in total. The molecule has 0 amide bonds. The Balaban J connectivity index is 2.69. The maximum atomic E-state index is 2.42. The van der Waals surface area contributed by atoms with E-state index >= 15 is 0 Å². The van der Waals surface area contributed by atoms with Gasteiger partial charge in [-0.2, -0.15) is 0 Å².